The zero-order valence-electron chi connectivity index (χ0n) is 14.1. The Morgan fingerprint density at radius 1 is 1.38 bits per heavy atom. The number of rotatable bonds is 6. The van der Waals surface area contributed by atoms with Gasteiger partial charge in [-0.05, 0) is 51.4 Å². The van der Waals surface area contributed by atoms with Crippen LogP contribution in [0.2, 0.25) is 0 Å². The summed E-state index contributed by atoms with van der Waals surface area (Å²) in [6, 6.07) is 9.18. The predicted molar refractivity (Wildman–Crippen MR) is 90.7 cm³/mol. The van der Waals surface area contributed by atoms with Gasteiger partial charge in [0.1, 0.15) is 11.3 Å². The first-order chi connectivity index (χ1) is 11.6. The van der Waals surface area contributed by atoms with E-state index in [0.29, 0.717) is 12.1 Å². The number of fused-ring (bicyclic) bond motifs is 1. The fourth-order valence-electron chi connectivity index (χ4n) is 2.66. The van der Waals surface area contributed by atoms with Crippen LogP contribution in [0.25, 0.3) is 11.0 Å². The molecule has 0 aliphatic heterocycles. The number of hydrogen-bond acceptors (Lipinski definition) is 5. The molecule has 1 amide bonds. The Labute approximate surface area is 140 Å². The van der Waals surface area contributed by atoms with Gasteiger partial charge in [0.05, 0.1) is 17.8 Å². The first-order valence-corrected chi connectivity index (χ1v) is 7.91. The number of benzene rings is 1. The molecule has 7 heteroatoms. The maximum absolute atomic E-state index is 12.4. The number of nitrogens with one attached hydrogen (secondary N) is 1. The van der Waals surface area contributed by atoms with Crippen LogP contribution in [0.3, 0.4) is 0 Å². The normalized spacial score (nSPS) is 12.7. The van der Waals surface area contributed by atoms with Crippen LogP contribution in [0.5, 0.6) is 0 Å². The number of hydrogen-bond donors (Lipinski definition) is 1. The van der Waals surface area contributed by atoms with Gasteiger partial charge in [-0.3, -0.25) is 9.69 Å². The van der Waals surface area contributed by atoms with Gasteiger partial charge in [-0.15, -0.1) is 5.10 Å². The second-order valence-electron chi connectivity index (χ2n) is 5.81. The van der Waals surface area contributed by atoms with Gasteiger partial charge in [0, 0.05) is 18.7 Å². The van der Waals surface area contributed by atoms with E-state index >= 15 is 0 Å². The van der Waals surface area contributed by atoms with Crippen molar-refractivity contribution in [3.8, 4) is 0 Å². The molecule has 0 saturated heterocycles. The summed E-state index contributed by atoms with van der Waals surface area (Å²) in [6.07, 6.45) is 1.64. The van der Waals surface area contributed by atoms with Crippen LogP contribution in [0.4, 0.5) is 0 Å². The molecular weight excluding hydrogens is 306 g/mol. The lowest BCUT2D eigenvalue weighted by Crippen LogP contribution is -2.34. The van der Waals surface area contributed by atoms with Crippen molar-refractivity contribution in [2.45, 2.75) is 19.5 Å². The van der Waals surface area contributed by atoms with Crippen molar-refractivity contribution < 1.29 is 9.21 Å². The predicted octanol–water partition coefficient (Wildman–Crippen LogP) is 2.08. The summed E-state index contributed by atoms with van der Waals surface area (Å²) in [7, 11) is 3.91. The molecule has 7 nitrogen and oxygen atoms in total. The fourth-order valence-corrected chi connectivity index (χ4v) is 2.66. The number of nitrogens with zero attached hydrogens (tertiary/aromatic N) is 4. The largest absolute Gasteiger partial charge is 0.468 e. The summed E-state index contributed by atoms with van der Waals surface area (Å²) in [6.45, 7) is 3.21. The highest BCUT2D eigenvalue weighted by atomic mass is 16.3. The van der Waals surface area contributed by atoms with Gasteiger partial charge >= 0.3 is 0 Å². The van der Waals surface area contributed by atoms with Gasteiger partial charge in [-0.1, -0.05) is 5.21 Å². The third kappa shape index (κ3) is 3.16. The van der Waals surface area contributed by atoms with Crippen LogP contribution < -0.4 is 5.32 Å². The molecule has 2 heterocycles. The maximum atomic E-state index is 12.4. The van der Waals surface area contributed by atoms with Crippen LogP contribution in [0.15, 0.2) is 41.0 Å². The smallest absolute Gasteiger partial charge is 0.251 e. The van der Waals surface area contributed by atoms with E-state index in [1.165, 1.54) is 0 Å². The van der Waals surface area contributed by atoms with Gasteiger partial charge in [0.25, 0.3) is 5.91 Å². The first kappa shape index (κ1) is 16.2. The molecule has 0 radical (unpaired) electrons. The fraction of sp³-hybridized carbons (Fsp3) is 0.353. The SMILES string of the molecule is CCn1nnc2cc(C(=O)NCC(c3ccco3)N(C)C)ccc21. The Morgan fingerprint density at radius 3 is 2.88 bits per heavy atom. The molecule has 0 saturated carbocycles. The number of carbonyl (C=O) groups is 1. The lowest BCUT2D eigenvalue weighted by Gasteiger charge is -2.22. The summed E-state index contributed by atoms with van der Waals surface area (Å²) in [5.41, 5.74) is 2.22. The molecule has 0 aliphatic rings. The Balaban J connectivity index is 1.72. The molecule has 1 unspecified atom stereocenters. The van der Waals surface area contributed by atoms with Crippen LogP contribution >= 0.6 is 0 Å². The molecule has 3 aromatic rings. The maximum Gasteiger partial charge on any atom is 0.251 e. The highest BCUT2D eigenvalue weighted by Crippen LogP contribution is 2.18. The number of likely N-dealkylation sites (N-methyl/N-ethyl adjacent to an activating group) is 1. The number of aromatic nitrogens is 3. The van der Waals surface area contributed by atoms with E-state index in [1.54, 1.807) is 23.1 Å². The zero-order valence-corrected chi connectivity index (χ0v) is 14.1. The third-order valence-electron chi connectivity index (χ3n) is 4.03. The van der Waals surface area contributed by atoms with E-state index < -0.39 is 0 Å². The topological polar surface area (TPSA) is 76.2 Å². The zero-order chi connectivity index (χ0) is 17.1. The molecule has 126 valence electrons. The third-order valence-corrected chi connectivity index (χ3v) is 4.03. The standard InChI is InChI=1S/C17H21N5O2/c1-4-22-14-8-7-12(10-13(14)19-20-22)17(23)18-11-15(21(2)3)16-6-5-9-24-16/h5-10,15H,4,11H2,1-3H3,(H,18,23). The van der Waals surface area contributed by atoms with Crippen molar-refractivity contribution >= 4 is 16.9 Å². The number of amides is 1. The summed E-state index contributed by atoms with van der Waals surface area (Å²) < 4.78 is 7.26. The van der Waals surface area contributed by atoms with E-state index in [0.717, 1.165) is 23.3 Å². The Hall–Kier alpha value is -2.67. The van der Waals surface area contributed by atoms with E-state index in [1.807, 2.05) is 44.1 Å². The van der Waals surface area contributed by atoms with E-state index in [9.17, 15) is 4.79 Å². The van der Waals surface area contributed by atoms with Crippen molar-refractivity contribution in [1.29, 1.82) is 0 Å². The summed E-state index contributed by atoms with van der Waals surface area (Å²) >= 11 is 0. The molecule has 0 spiro atoms. The minimum absolute atomic E-state index is 0.0198. The summed E-state index contributed by atoms with van der Waals surface area (Å²) in [4.78, 5) is 14.5. The van der Waals surface area contributed by atoms with Crippen molar-refractivity contribution in [2.75, 3.05) is 20.6 Å². The van der Waals surface area contributed by atoms with Gasteiger partial charge in [-0.2, -0.15) is 0 Å². The van der Waals surface area contributed by atoms with Crippen LogP contribution in [-0.4, -0.2) is 46.4 Å². The quantitative estimate of drug-likeness (QED) is 0.750. The Morgan fingerprint density at radius 2 is 2.21 bits per heavy atom. The second kappa shape index (κ2) is 6.84. The number of furan rings is 1. The minimum atomic E-state index is -0.138. The number of carbonyl (C=O) groups excluding carboxylic acids is 1. The minimum Gasteiger partial charge on any atom is -0.468 e. The lowest BCUT2D eigenvalue weighted by molar-refractivity contribution is 0.0939. The van der Waals surface area contributed by atoms with Crippen LogP contribution in [-0.2, 0) is 6.54 Å². The highest BCUT2D eigenvalue weighted by molar-refractivity contribution is 5.97. The molecule has 1 atom stereocenters. The first-order valence-electron chi connectivity index (χ1n) is 7.91. The molecule has 3 rings (SSSR count). The Bertz CT molecular complexity index is 823. The number of aryl methyl sites for hydroxylation is 1. The molecular formula is C17H21N5O2. The van der Waals surface area contributed by atoms with E-state index in [4.69, 9.17) is 4.42 Å². The molecule has 1 N–H and O–H groups in total. The molecule has 0 fully saturated rings. The van der Waals surface area contributed by atoms with E-state index in [2.05, 4.69) is 15.6 Å². The average molecular weight is 327 g/mol. The molecule has 24 heavy (non-hydrogen) atoms. The summed E-state index contributed by atoms with van der Waals surface area (Å²) in [5, 5.41) is 11.1. The van der Waals surface area contributed by atoms with Gasteiger partial charge in [-0.25, -0.2) is 4.68 Å². The summed E-state index contributed by atoms with van der Waals surface area (Å²) in [5.74, 6) is 0.683. The molecule has 0 bridgehead atoms. The molecule has 2 aromatic heterocycles. The van der Waals surface area contributed by atoms with Crippen LogP contribution in [0, 0.1) is 0 Å². The Kier molecular flexibility index (Phi) is 4.61. The van der Waals surface area contributed by atoms with Crippen molar-refractivity contribution in [3.63, 3.8) is 0 Å². The van der Waals surface area contributed by atoms with Gasteiger partial charge < -0.3 is 9.73 Å². The molecule has 1 aromatic carbocycles. The van der Waals surface area contributed by atoms with Crippen molar-refractivity contribution in [3.05, 3.63) is 47.9 Å². The highest BCUT2D eigenvalue weighted by Gasteiger charge is 2.18. The van der Waals surface area contributed by atoms with Crippen molar-refractivity contribution in [1.82, 2.24) is 25.2 Å². The van der Waals surface area contributed by atoms with Gasteiger partial charge in [0.15, 0.2) is 0 Å². The van der Waals surface area contributed by atoms with Crippen molar-refractivity contribution in [2.24, 2.45) is 0 Å². The second-order valence-corrected chi connectivity index (χ2v) is 5.81. The van der Waals surface area contributed by atoms with Gasteiger partial charge in [0.2, 0.25) is 0 Å². The average Bonchev–Trinajstić information content (AvgIpc) is 3.23. The lowest BCUT2D eigenvalue weighted by atomic mass is 10.1. The van der Waals surface area contributed by atoms with E-state index in [-0.39, 0.29) is 11.9 Å². The van der Waals surface area contributed by atoms with Crippen LogP contribution in [0.1, 0.15) is 29.1 Å². The molecule has 0 aliphatic carbocycles. The monoisotopic (exact) mass is 327 g/mol.